The number of rotatable bonds is 9. The molecule has 1 aromatic heterocycles. The van der Waals surface area contributed by atoms with Gasteiger partial charge >= 0.3 is 0 Å². The molecular weight excluding hydrogens is 442 g/mol. The number of carbonyl (C=O) groups is 1. The summed E-state index contributed by atoms with van der Waals surface area (Å²) >= 11 is 1.46. The number of carbonyl (C=O) groups excluding carboxylic acids is 1. The van der Waals surface area contributed by atoms with Crippen LogP contribution < -0.4 is 5.32 Å². The number of hydrogen-bond donors (Lipinski definition) is 1. The van der Waals surface area contributed by atoms with Gasteiger partial charge < -0.3 is 9.88 Å². The Morgan fingerprint density at radius 1 is 1.00 bits per heavy atom. The molecule has 0 bridgehead atoms. The molecule has 2 heterocycles. The molecule has 0 saturated carbocycles. The van der Waals surface area contributed by atoms with Crippen LogP contribution in [0.4, 0.5) is 0 Å². The van der Waals surface area contributed by atoms with Crippen LogP contribution in [0.25, 0.3) is 0 Å². The van der Waals surface area contributed by atoms with Crippen LogP contribution in [0.3, 0.4) is 0 Å². The van der Waals surface area contributed by atoms with Crippen LogP contribution in [0.1, 0.15) is 60.3 Å². The summed E-state index contributed by atoms with van der Waals surface area (Å²) in [7, 11) is 0. The van der Waals surface area contributed by atoms with Crippen molar-refractivity contribution < 1.29 is 4.79 Å². The maximum atomic E-state index is 12.7. The highest BCUT2D eigenvalue weighted by Crippen LogP contribution is 2.22. The van der Waals surface area contributed by atoms with Gasteiger partial charge in [0.25, 0.3) is 0 Å². The summed E-state index contributed by atoms with van der Waals surface area (Å²) < 4.78 is 2.18. The van der Waals surface area contributed by atoms with Gasteiger partial charge in [-0.25, -0.2) is 0 Å². The molecule has 1 saturated heterocycles. The maximum Gasteiger partial charge on any atom is 0.230 e. The number of amides is 1. The van der Waals surface area contributed by atoms with E-state index < -0.39 is 0 Å². The Morgan fingerprint density at radius 3 is 2.50 bits per heavy atom. The Morgan fingerprint density at radius 2 is 1.76 bits per heavy atom. The molecular formula is C27H35N5OS. The quantitative estimate of drug-likeness (QED) is 0.444. The second-order valence-corrected chi connectivity index (χ2v) is 10.2. The molecule has 3 aromatic rings. The van der Waals surface area contributed by atoms with E-state index in [0.29, 0.717) is 12.3 Å². The van der Waals surface area contributed by atoms with E-state index >= 15 is 0 Å². The summed E-state index contributed by atoms with van der Waals surface area (Å²) in [5.74, 6) is 1.28. The molecule has 1 aliphatic rings. The van der Waals surface area contributed by atoms with Crippen LogP contribution in [0.5, 0.6) is 0 Å². The number of benzene rings is 2. The minimum atomic E-state index is -0.0377. The van der Waals surface area contributed by atoms with Crippen molar-refractivity contribution in [2.24, 2.45) is 0 Å². The number of hydrogen-bond acceptors (Lipinski definition) is 5. The molecule has 34 heavy (non-hydrogen) atoms. The fourth-order valence-electron chi connectivity index (χ4n) is 4.32. The summed E-state index contributed by atoms with van der Waals surface area (Å²) in [4.78, 5) is 15.2. The van der Waals surface area contributed by atoms with Crippen molar-refractivity contribution in [1.29, 1.82) is 0 Å². The first-order valence-electron chi connectivity index (χ1n) is 12.2. The topological polar surface area (TPSA) is 63.1 Å². The molecule has 1 fully saturated rings. The third kappa shape index (κ3) is 6.48. The molecule has 1 aliphatic heterocycles. The highest BCUT2D eigenvalue weighted by molar-refractivity contribution is 7.99. The van der Waals surface area contributed by atoms with Crippen molar-refractivity contribution in [2.45, 2.75) is 64.3 Å². The normalized spacial score (nSPS) is 15.3. The number of piperidine rings is 1. The van der Waals surface area contributed by atoms with E-state index in [4.69, 9.17) is 0 Å². The van der Waals surface area contributed by atoms with E-state index in [1.165, 1.54) is 47.7 Å². The molecule has 1 unspecified atom stereocenters. The zero-order chi connectivity index (χ0) is 23.9. The fraction of sp³-hybridized carbons (Fsp3) is 0.444. The maximum absolute atomic E-state index is 12.7. The SMILES string of the molecule is Cc1ccc(C(C)NC(=O)CSc2nnc(CN3CCCCC3)n2Cc2ccccc2)cc1C. The summed E-state index contributed by atoms with van der Waals surface area (Å²) in [5.41, 5.74) is 4.83. The Balaban J connectivity index is 1.42. The van der Waals surface area contributed by atoms with Gasteiger partial charge in [0.2, 0.25) is 5.91 Å². The molecule has 180 valence electrons. The highest BCUT2D eigenvalue weighted by Gasteiger charge is 2.19. The molecule has 1 atom stereocenters. The molecule has 7 heteroatoms. The Hall–Kier alpha value is -2.64. The molecule has 6 nitrogen and oxygen atoms in total. The van der Waals surface area contributed by atoms with Gasteiger partial charge in [0.15, 0.2) is 5.16 Å². The van der Waals surface area contributed by atoms with E-state index in [2.05, 4.69) is 81.3 Å². The molecule has 0 radical (unpaired) electrons. The van der Waals surface area contributed by atoms with Crippen LogP contribution in [-0.2, 0) is 17.9 Å². The van der Waals surface area contributed by atoms with Gasteiger partial charge in [0, 0.05) is 0 Å². The number of aromatic nitrogens is 3. The van der Waals surface area contributed by atoms with Crippen molar-refractivity contribution >= 4 is 17.7 Å². The molecule has 2 aromatic carbocycles. The summed E-state index contributed by atoms with van der Waals surface area (Å²) in [6.45, 7) is 9.96. The lowest BCUT2D eigenvalue weighted by Gasteiger charge is -2.26. The van der Waals surface area contributed by atoms with E-state index in [-0.39, 0.29) is 11.9 Å². The lowest BCUT2D eigenvalue weighted by Crippen LogP contribution is -2.30. The predicted molar refractivity (Wildman–Crippen MR) is 138 cm³/mol. The molecule has 0 aliphatic carbocycles. The van der Waals surface area contributed by atoms with E-state index in [9.17, 15) is 4.79 Å². The average molecular weight is 478 g/mol. The van der Waals surface area contributed by atoms with Crippen molar-refractivity contribution in [1.82, 2.24) is 25.0 Å². The highest BCUT2D eigenvalue weighted by atomic mass is 32.2. The number of nitrogens with zero attached hydrogens (tertiary/aromatic N) is 4. The molecule has 4 rings (SSSR count). The third-order valence-electron chi connectivity index (χ3n) is 6.53. The van der Waals surface area contributed by atoms with Crippen LogP contribution in [0.15, 0.2) is 53.7 Å². The molecule has 1 N–H and O–H groups in total. The first-order chi connectivity index (χ1) is 16.5. The zero-order valence-electron chi connectivity index (χ0n) is 20.5. The number of nitrogens with one attached hydrogen (secondary N) is 1. The number of aryl methyl sites for hydroxylation is 2. The second kappa shape index (κ2) is 11.7. The van der Waals surface area contributed by atoms with Crippen molar-refractivity contribution in [3.8, 4) is 0 Å². The Bertz CT molecular complexity index is 1090. The average Bonchev–Trinajstić information content (AvgIpc) is 3.21. The minimum Gasteiger partial charge on any atom is -0.349 e. The minimum absolute atomic E-state index is 0.00238. The van der Waals surface area contributed by atoms with Crippen LogP contribution in [0, 0.1) is 13.8 Å². The number of likely N-dealkylation sites (tertiary alicyclic amines) is 1. The van der Waals surface area contributed by atoms with Gasteiger partial charge in [0.1, 0.15) is 5.82 Å². The van der Waals surface area contributed by atoms with Gasteiger partial charge in [-0.3, -0.25) is 9.69 Å². The smallest absolute Gasteiger partial charge is 0.230 e. The van der Waals surface area contributed by atoms with Gasteiger partial charge in [-0.05, 0) is 69.0 Å². The van der Waals surface area contributed by atoms with Crippen molar-refractivity contribution in [3.63, 3.8) is 0 Å². The lowest BCUT2D eigenvalue weighted by atomic mass is 10.0. The van der Waals surface area contributed by atoms with Gasteiger partial charge in [-0.1, -0.05) is 66.7 Å². The third-order valence-corrected chi connectivity index (χ3v) is 7.50. The van der Waals surface area contributed by atoms with Crippen molar-refractivity contribution in [2.75, 3.05) is 18.8 Å². The molecule has 1 amide bonds. The zero-order valence-corrected chi connectivity index (χ0v) is 21.3. The van der Waals surface area contributed by atoms with Crippen LogP contribution in [-0.4, -0.2) is 44.4 Å². The van der Waals surface area contributed by atoms with E-state index in [0.717, 1.165) is 36.2 Å². The molecule has 0 spiro atoms. The van der Waals surface area contributed by atoms with Crippen LogP contribution >= 0.6 is 11.8 Å². The van der Waals surface area contributed by atoms with Crippen molar-refractivity contribution in [3.05, 3.63) is 76.6 Å². The summed E-state index contributed by atoms with van der Waals surface area (Å²) in [6, 6.07) is 16.7. The largest absolute Gasteiger partial charge is 0.349 e. The van der Waals surface area contributed by atoms with Gasteiger partial charge in [-0.15, -0.1) is 10.2 Å². The Labute approximate surface area is 207 Å². The second-order valence-electron chi connectivity index (χ2n) is 9.23. The summed E-state index contributed by atoms with van der Waals surface area (Å²) in [5, 5.41) is 12.9. The summed E-state index contributed by atoms with van der Waals surface area (Å²) in [6.07, 6.45) is 3.80. The van der Waals surface area contributed by atoms with Gasteiger partial charge in [-0.2, -0.15) is 0 Å². The monoisotopic (exact) mass is 477 g/mol. The van der Waals surface area contributed by atoms with Gasteiger partial charge in [0.05, 0.1) is 24.9 Å². The van der Waals surface area contributed by atoms with Crippen LogP contribution in [0.2, 0.25) is 0 Å². The Kier molecular flexibility index (Phi) is 8.40. The number of thioether (sulfide) groups is 1. The predicted octanol–water partition coefficient (Wildman–Crippen LogP) is 4.90. The fourth-order valence-corrected chi connectivity index (χ4v) is 5.08. The lowest BCUT2D eigenvalue weighted by molar-refractivity contribution is -0.119. The standard InChI is InChI=1S/C27H35N5OS/c1-20-12-13-24(16-21(20)2)22(3)28-26(33)19-34-27-30-29-25(18-31-14-8-5-9-15-31)32(27)17-23-10-6-4-7-11-23/h4,6-7,10-13,16,22H,5,8-9,14-15,17-19H2,1-3H3,(H,28,33). The first kappa shape index (κ1) is 24.5. The first-order valence-corrected chi connectivity index (χ1v) is 13.2. The van der Waals surface area contributed by atoms with E-state index in [1.54, 1.807) is 0 Å². The van der Waals surface area contributed by atoms with E-state index in [1.807, 2.05) is 13.0 Å².